The molecule has 1 nitrogen and oxygen atoms in total. The molecule has 1 aliphatic carbocycles. The topological polar surface area (TPSA) is 3.24 Å². The standard InChI is InChI=1S/C24H25N/c1-3-11-21(12-4-1)23-15-9-10-20(18-23)19-25-17-8-7-16-24(25)22-13-5-2-6-14-22/h1-8,11-17,20,24H,9-10,18-19H2. The van der Waals surface area contributed by atoms with Crippen molar-refractivity contribution in [1.29, 1.82) is 0 Å². The van der Waals surface area contributed by atoms with Crippen molar-refractivity contribution in [3.05, 3.63) is 102 Å². The number of benzene rings is 2. The second-order valence-electron chi connectivity index (χ2n) is 7.02. The van der Waals surface area contributed by atoms with Crippen LogP contribution in [-0.2, 0) is 0 Å². The second kappa shape index (κ2) is 7.57. The van der Waals surface area contributed by atoms with Gasteiger partial charge in [-0.3, -0.25) is 0 Å². The zero-order valence-corrected chi connectivity index (χ0v) is 14.6. The zero-order chi connectivity index (χ0) is 16.9. The van der Waals surface area contributed by atoms with Crippen LogP contribution in [0.3, 0.4) is 0 Å². The highest BCUT2D eigenvalue weighted by Gasteiger charge is 2.23. The van der Waals surface area contributed by atoms with Crippen molar-refractivity contribution >= 4 is 5.57 Å². The highest BCUT2D eigenvalue weighted by molar-refractivity contribution is 5.66. The average molecular weight is 327 g/mol. The van der Waals surface area contributed by atoms with Gasteiger partial charge in [0.25, 0.3) is 0 Å². The molecule has 0 amide bonds. The molecule has 4 rings (SSSR count). The van der Waals surface area contributed by atoms with Crippen LogP contribution in [0.4, 0.5) is 0 Å². The summed E-state index contributed by atoms with van der Waals surface area (Å²) in [6.45, 7) is 1.12. The molecule has 2 aromatic rings. The molecule has 0 aromatic heterocycles. The zero-order valence-electron chi connectivity index (χ0n) is 14.6. The van der Waals surface area contributed by atoms with Crippen LogP contribution in [0.2, 0.25) is 0 Å². The van der Waals surface area contributed by atoms with E-state index in [0.29, 0.717) is 12.0 Å². The Morgan fingerprint density at radius 2 is 1.64 bits per heavy atom. The number of nitrogens with zero attached hydrogens (tertiary/aromatic N) is 1. The Bertz CT molecular complexity index is 770. The van der Waals surface area contributed by atoms with Gasteiger partial charge in [0.05, 0.1) is 6.04 Å². The molecule has 25 heavy (non-hydrogen) atoms. The van der Waals surface area contributed by atoms with Crippen molar-refractivity contribution < 1.29 is 0 Å². The van der Waals surface area contributed by atoms with E-state index >= 15 is 0 Å². The van der Waals surface area contributed by atoms with E-state index in [9.17, 15) is 0 Å². The number of allylic oxidation sites excluding steroid dienone is 4. The van der Waals surface area contributed by atoms with Gasteiger partial charge in [0.1, 0.15) is 0 Å². The van der Waals surface area contributed by atoms with Gasteiger partial charge in [-0.05, 0) is 54.2 Å². The highest BCUT2D eigenvalue weighted by Crippen LogP contribution is 2.34. The van der Waals surface area contributed by atoms with Crippen molar-refractivity contribution in [3.8, 4) is 0 Å². The van der Waals surface area contributed by atoms with Crippen LogP contribution in [0.15, 0.2) is 91.2 Å². The third-order valence-corrected chi connectivity index (χ3v) is 5.27. The Kier molecular flexibility index (Phi) is 4.83. The maximum absolute atomic E-state index is 2.51. The van der Waals surface area contributed by atoms with Crippen molar-refractivity contribution in [2.24, 2.45) is 5.92 Å². The minimum Gasteiger partial charge on any atom is -0.367 e. The summed E-state index contributed by atoms with van der Waals surface area (Å²) in [6, 6.07) is 22.1. The SMILES string of the molecule is C1=CC(c2ccccc2)N(CC2CCC=C(c3ccccc3)C2)C=C1. The van der Waals surface area contributed by atoms with Gasteiger partial charge >= 0.3 is 0 Å². The van der Waals surface area contributed by atoms with Crippen molar-refractivity contribution in [3.63, 3.8) is 0 Å². The lowest BCUT2D eigenvalue weighted by Crippen LogP contribution is -2.30. The van der Waals surface area contributed by atoms with E-state index < -0.39 is 0 Å². The van der Waals surface area contributed by atoms with Crippen molar-refractivity contribution in [2.75, 3.05) is 6.54 Å². The monoisotopic (exact) mass is 327 g/mol. The van der Waals surface area contributed by atoms with Crippen LogP contribution in [-0.4, -0.2) is 11.4 Å². The van der Waals surface area contributed by atoms with Gasteiger partial charge in [0, 0.05) is 6.54 Å². The molecule has 0 fully saturated rings. The molecule has 0 saturated carbocycles. The van der Waals surface area contributed by atoms with Gasteiger partial charge in [0.15, 0.2) is 0 Å². The molecular formula is C24H25N. The largest absolute Gasteiger partial charge is 0.367 e. The molecule has 2 aromatic carbocycles. The molecule has 0 N–H and O–H groups in total. The Morgan fingerprint density at radius 3 is 2.44 bits per heavy atom. The predicted molar refractivity (Wildman–Crippen MR) is 106 cm³/mol. The molecule has 2 atom stereocenters. The molecule has 0 spiro atoms. The number of hydrogen-bond acceptors (Lipinski definition) is 1. The molecule has 1 heterocycles. The van der Waals surface area contributed by atoms with Gasteiger partial charge in [-0.1, -0.05) is 78.9 Å². The highest BCUT2D eigenvalue weighted by atomic mass is 15.1. The van der Waals surface area contributed by atoms with Crippen molar-refractivity contribution in [2.45, 2.75) is 25.3 Å². The third-order valence-electron chi connectivity index (χ3n) is 5.27. The molecular weight excluding hydrogens is 302 g/mol. The summed E-state index contributed by atoms with van der Waals surface area (Å²) in [5, 5.41) is 0. The van der Waals surface area contributed by atoms with E-state index in [1.807, 2.05) is 0 Å². The molecule has 2 unspecified atom stereocenters. The second-order valence-corrected chi connectivity index (χ2v) is 7.02. The van der Waals surface area contributed by atoms with Crippen LogP contribution in [0.25, 0.3) is 5.57 Å². The van der Waals surface area contributed by atoms with Gasteiger partial charge in [-0.15, -0.1) is 0 Å². The van der Waals surface area contributed by atoms with E-state index in [1.165, 1.54) is 36.0 Å². The average Bonchev–Trinajstić information content (AvgIpc) is 2.70. The van der Waals surface area contributed by atoms with Gasteiger partial charge in [-0.25, -0.2) is 0 Å². The quantitative estimate of drug-likeness (QED) is 0.666. The van der Waals surface area contributed by atoms with E-state index in [2.05, 4.69) is 96.1 Å². The molecule has 0 radical (unpaired) electrons. The number of rotatable bonds is 4. The first kappa shape index (κ1) is 16.0. The lowest BCUT2D eigenvalue weighted by molar-refractivity contribution is 0.258. The predicted octanol–water partition coefficient (Wildman–Crippen LogP) is 6.00. The van der Waals surface area contributed by atoms with Gasteiger partial charge in [-0.2, -0.15) is 0 Å². The summed E-state index contributed by atoms with van der Waals surface area (Å²) in [7, 11) is 0. The summed E-state index contributed by atoms with van der Waals surface area (Å²) in [6.07, 6.45) is 15.0. The lowest BCUT2D eigenvalue weighted by Gasteiger charge is -2.35. The molecule has 1 heteroatoms. The van der Waals surface area contributed by atoms with Gasteiger partial charge in [0.2, 0.25) is 0 Å². The smallest absolute Gasteiger partial charge is 0.0724 e. The maximum atomic E-state index is 2.51. The molecule has 2 aliphatic rings. The first-order valence-electron chi connectivity index (χ1n) is 9.30. The molecule has 1 aliphatic heterocycles. The summed E-state index contributed by atoms with van der Waals surface area (Å²) in [5.74, 6) is 0.711. The van der Waals surface area contributed by atoms with E-state index in [4.69, 9.17) is 0 Å². The lowest BCUT2D eigenvalue weighted by atomic mass is 9.85. The summed E-state index contributed by atoms with van der Waals surface area (Å²) in [4.78, 5) is 2.51. The van der Waals surface area contributed by atoms with Crippen LogP contribution >= 0.6 is 0 Å². The molecule has 0 bridgehead atoms. The number of hydrogen-bond donors (Lipinski definition) is 0. The Balaban J connectivity index is 1.47. The summed E-state index contributed by atoms with van der Waals surface area (Å²) >= 11 is 0. The van der Waals surface area contributed by atoms with Crippen molar-refractivity contribution in [1.82, 2.24) is 4.90 Å². The minimum atomic E-state index is 0.359. The van der Waals surface area contributed by atoms with E-state index in [0.717, 1.165) is 6.54 Å². The van der Waals surface area contributed by atoms with Crippen LogP contribution in [0, 0.1) is 5.92 Å². The fourth-order valence-electron chi connectivity index (χ4n) is 3.99. The van der Waals surface area contributed by atoms with E-state index in [-0.39, 0.29) is 0 Å². The van der Waals surface area contributed by atoms with Gasteiger partial charge < -0.3 is 4.90 Å². The van der Waals surface area contributed by atoms with E-state index in [1.54, 1.807) is 0 Å². The Hall–Kier alpha value is -2.54. The maximum Gasteiger partial charge on any atom is 0.0724 e. The minimum absolute atomic E-state index is 0.359. The summed E-state index contributed by atoms with van der Waals surface area (Å²) < 4.78 is 0. The Labute approximate surface area is 151 Å². The third kappa shape index (κ3) is 3.76. The van der Waals surface area contributed by atoms with Crippen LogP contribution < -0.4 is 0 Å². The fraction of sp³-hybridized carbons (Fsp3) is 0.250. The van der Waals surface area contributed by atoms with Crippen LogP contribution in [0.5, 0.6) is 0 Å². The fourth-order valence-corrected chi connectivity index (χ4v) is 3.99. The first-order valence-corrected chi connectivity index (χ1v) is 9.30. The molecule has 0 saturated heterocycles. The normalized spacial score (nSPS) is 22.7. The first-order chi connectivity index (χ1) is 12.4. The summed E-state index contributed by atoms with van der Waals surface area (Å²) in [5.41, 5.74) is 4.28. The molecule has 126 valence electrons. The van der Waals surface area contributed by atoms with Crippen LogP contribution in [0.1, 0.15) is 36.4 Å². The Morgan fingerprint density at radius 1 is 0.880 bits per heavy atom.